The molecule has 1 saturated heterocycles. The average Bonchev–Trinajstić information content (AvgIpc) is 3.13. The summed E-state index contributed by atoms with van der Waals surface area (Å²) < 4.78 is 3.74. The van der Waals surface area contributed by atoms with E-state index >= 15 is 0 Å². The number of hydrogen-bond acceptors (Lipinski definition) is 4. The third kappa shape index (κ3) is 3.46. The van der Waals surface area contributed by atoms with Crippen molar-refractivity contribution < 1.29 is 0 Å². The predicted octanol–water partition coefficient (Wildman–Crippen LogP) is 4.04. The van der Waals surface area contributed by atoms with Gasteiger partial charge in [0.1, 0.15) is 17.5 Å². The molecular formula is C25H27N5O. The van der Waals surface area contributed by atoms with E-state index in [1.54, 1.807) is 17.7 Å². The van der Waals surface area contributed by atoms with Crippen molar-refractivity contribution in [3.63, 3.8) is 0 Å². The number of rotatable bonds is 4. The molecule has 3 heterocycles. The number of para-hydroxylation sites is 2. The zero-order valence-corrected chi connectivity index (χ0v) is 18.3. The summed E-state index contributed by atoms with van der Waals surface area (Å²) >= 11 is 0. The minimum atomic E-state index is -0.247. The summed E-state index contributed by atoms with van der Waals surface area (Å²) in [5, 5.41) is 9.79. The van der Waals surface area contributed by atoms with Gasteiger partial charge in [-0.25, -0.2) is 4.98 Å². The van der Waals surface area contributed by atoms with Crippen LogP contribution in [0.25, 0.3) is 17.1 Å². The molecule has 0 saturated carbocycles. The van der Waals surface area contributed by atoms with E-state index in [0.717, 1.165) is 59.7 Å². The highest BCUT2D eigenvalue weighted by Gasteiger charge is 2.28. The Kier molecular flexibility index (Phi) is 5.51. The minimum absolute atomic E-state index is 0.206. The predicted molar refractivity (Wildman–Crippen MR) is 125 cm³/mol. The Hall–Kier alpha value is -3.59. The third-order valence-electron chi connectivity index (χ3n) is 6.41. The van der Waals surface area contributed by atoms with Gasteiger partial charge in [0, 0.05) is 44.4 Å². The molecule has 1 aromatic carbocycles. The number of piperidine rings is 1. The third-order valence-corrected chi connectivity index (χ3v) is 6.41. The Morgan fingerprint density at radius 3 is 2.55 bits per heavy atom. The average molecular weight is 414 g/mol. The number of hydrogen-bond donors (Lipinski definition) is 0. The number of benzene rings is 1. The van der Waals surface area contributed by atoms with Crippen LogP contribution in [0, 0.1) is 18.3 Å². The van der Waals surface area contributed by atoms with Crippen molar-refractivity contribution in [2.75, 3.05) is 18.0 Å². The molecule has 1 aliphatic rings. The summed E-state index contributed by atoms with van der Waals surface area (Å²) in [5.41, 5.74) is 4.61. The molecule has 0 bridgehead atoms. The van der Waals surface area contributed by atoms with Crippen LogP contribution in [0.2, 0.25) is 0 Å². The zero-order valence-electron chi connectivity index (χ0n) is 18.3. The maximum Gasteiger partial charge on any atom is 0.270 e. The van der Waals surface area contributed by atoms with E-state index in [1.165, 1.54) is 0 Å². The lowest BCUT2D eigenvalue weighted by Gasteiger charge is -2.35. The van der Waals surface area contributed by atoms with Gasteiger partial charge in [0.25, 0.3) is 5.56 Å². The van der Waals surface area contributed by atoms with E-state index in [-0.39, 0.29) is 11.1 Å². The quantitative estimate of drug-likeness (QED) is 0.606. The smallest absolute Gasteiger partial charge is 0.270 e. The number of nitrogens with zero attached hydrogens (tertiary/aromatic N) is 5. The van der Waals surface area contributed by atoms with E-state index in [2.05, 4.69) is 35.2 Å². The fraction of sp³-hybridized carbons (Fsp3) is 0.320. The lowest BCUT2D eigenvalue weighted by molar-refractivity contribution is 0.476. The van der Waals surface area contributed by atoms with Crippen molar-refractivity contribution in [3.8, 4) is 6.07 Å². The van der Waals surface area contributed by atoms with Crippen LogP contribution in [0.4, 0.5) is 5.69 Å². The fourth-order valence-corrected chi connectivity index (χ4v) is 4.59. The first-order valence-electron chi connectivity index (χ1n) is 10.6. The van der Waals surface area contributed by atoms with Gasteiger partial charge in [-0.2, -0.15) is 5.26 Å². The van der Waals surface area contributed by atoms with Gasteiger partial charge in [-0.15, -0.1) is 0 Å². The van der Waals surface area contributed by atoms with E-state index in [1.807, 2.05) is 37.3 Å². The highest BCUT2D eigenvalue weighted by atomic mass is 16.1. The topological polar surface area (TPSA) is 66.8 Å². The van der Waals surface area contributed by atoms with Crippen LogP contribution in [-0.2, 0) is 14.1 Å². The van der Waals surface area contributed by atoms with Gasteiger partial charge in [-0.3, -0.25) is 4.79 Å². The Morgan fingerprint density at radius 2 is 1.90 bits per heavy atom. The lowest BCUT2D eigenvalue weighted by Crippen LogP contribution is -2.37. The molecule has 2 aromatic heterocycles. The maximum absolute atomic E-state index is 12.8. The second kappa shape index (κ2) is 8.27. The molecule has 1 aliphatic heterocycles. The second-order valence-corrected chi connectivity index (χ2v) is 8.07. The van der Waals surface area contributed by atoms with Gasteiger partial charge in [-0.1, -0.05) is 36.9 Å². The molecule has 0 amide bonds. The van der Waals surface area contributed by atoms with E-state index in [4.69, 9.17) is 4.98 Å². The van der Waals surface area contributed by atoms with Gasteiger partial charge >= 0.3 is 0 Å². The number of aromatic nitrogens is 3. The maximum atomic E-state index is 12.8. The number of fused-ring (bicyclic) bond motifs is 1. The molecule has 6 nitrogen and oxygen atoms in total. The molecule has 6 heteroatoms. The molecule has 0 aliphatic carbocycles. The molecule has 0 spiro atoms. The van der Waals surface area contributed by atoms with Crippen molar-refractivity contribution in [3.05, 3.63) is 76.0 Å². The number of aryl methyl sites for hydroxylation is 1. The van der Waals surface area contributed by atoms with Crippen LogP contribution >= 0.6 is 0 Å². The van der Waals surface area contributed by atoms with Crippen LogP contribution in [0.15, 0.2) is 47.8 Å². The van der Waals surface area contributed by atoms with Crippen LogP contribution in [-0.4, -0.2) is 27.2 Å². The molecule has 0 radical (unpaired) electrons. The number of pyridine rings is 1. The molecule has 1 fully saturated rings. The fourth-order valence-electron chi connectivity index (χ4n) is 4.59. The number of anilines is 1. The van der Waals surface area contributed by atoms with Gasteiger partial charge in [-0.05, 0) is 31.9 Å². The van der Waals surface area contributed by atoms with Crippen LogP contribution in [0.3, 0.4) is 0 Å². The van der Waals surface area contributed by atoms with Gasteiger partial charge in [0.05, 0.1) is 16.7 Å². The summed E-state index contributed by atoms with van der Waals surface area (Å²) in [5.74, 6) is 1.45. The SMILES string of the molecule is C=C/C=C\c1c(N2CCC(c3nc4ccccc4n3C)CC2)c(C#N)c(=O)n(C)c1C. The number of imidazole rings is 1. The Morgan fingerprint density at radius 1 is 1.19 bits per heavy atom. The van der Waals surface area contributed by atoms with E-state index < -0.39 is 0 Å². The molecular weight excluding hydrogens is 386 g/mol. The first-order chi connectivity index (χ1) is 15.0. The van der Waals surface area contributed by atoms with Crippen molar-refractivity contribution >= 4 is 22.8 Å². The van der Waals surface area contributed by atoms with Gasteiger partial charge in [0.15, 0.2) is 0 Å². The number of allylic oxidation sites excluding steroid dienone is 2. The Bertz CT molecular complexity index is 1280. The van der Waals surface area contributed by atoms with E-state index in [9.17, 15) is 10.1 Å². The van der Waals surface area contributed by atoms with Crippen molar-refractivity contribution in [2.45, 2.75) is 25.7 Å². The molecule has 3 aromatic rings. The molecule has 158 valence electrons. The normalized spacial score (nSPS) is 15.0. The van der Waals surface area contributed by atoms with Crippen LogP contribution in [0.1, 0.15) is 41.4 Å². The van der Waals surface area contributed by atoms with Crippen LogP contribution < -0.4 is 10.5 Å². The van der Waals surface area contributed by atoms with Crippen molar-refractivity contribution in [2.24, 2.45) is 14.1 Å². The molecule has 31 heavy (non-hydrogen) atoms. The standard InChI is InChI=1S/C25H27N5O/c1-5-6-9-19-17(2)28(3)25(31)20(16-26)23(19)30-14-12-18(13-15-30)24-27-21-10-7-8-11-22(21)29(24)4/h5-11,18H,1,12-15H2,2-4H3/b9-6-. The zero-order chi connectivity index (χ0) is 22.1. The summed E-state index contributed by atoms with van der Waals surface area (Å²) in [6, 6.07) is 10.4. The molecule has 0 unspecified atom stereocenters. The molecule has 0 atom stereocenters. The largest absolute Gasteiger partial charge is 0.370 e. The van der Waals surface area contributed by atoms with Gasteiger partial charge < -0.3 is 14.0 Å². The Labute approximate surface area is 182 Å². The van der Waals surface area contributed by atoms with Gasteiger partial charge in [0.2, 0.25) is 0 Å². The summed E-state index contributed by atoms with van der Waals surface area (Å²) in [7, 11) is 3.79. The highest BCUT2D eigenvalue weighted by molar-refractivity contribution is 5.77. The first kappa shape index (κ1) is 20.7. The number of nitriles is 1. The summed E-state index contributed by atoms with van der Waals surface area (Å²) in [4.78, 5) is 19.9. The highest BCUT2D eigenvalue weighted by Crippen LogP contribution is 2.34. The van der Waals surface area contributed by atoms with Crippen molar-refractivity contribution in [1.29, 1.82) is 5.26 Å². The molecule has 0 N–H and O–H groups in total. The first-order valence-corrected chi connectivity index (χ1v) is 10.6. The summed E-state index contributed by atoms with van der Waals surface area (Å²) in [6.07, 6.45) is 7.33. The van der Waals surface area contributed by atoms with Crippen LogP contribution in [0.5, 0.6) is 0 Å². The monoisotopic (exact) mass is 413 g/mol. The van der Waals surface area contributed by atoms with Crippen molar-refractivity contribution in [1.82, 2.24) is 14.1 Å². The minimum Gasteiger partial charge on any atom is -0.370 e. The summed E-state index contributed by atoms with van der Waals surface area (Å²) in [6.45, 7) is 7.21. The second-order valence-electron chi connectivity index (χ2n) is 8.07. The Balaban J connectivity index is 1.69. The van der Waals surface area contributed by atoms with E-state index in [0.29, 0.717) is 5.92 Å². The lowest BCUT2D eigenvalue weighted by atomic mass is 9.94. The molecule has 4 rings (SSSR count).